The van der Waals surface area contributed by atoms with Crippen molar-refractivity contribution in [1.29, 1.82) is 0 Å². The van der Waals surface area contributed by atoms with Crippen molar-refractivity contribution in [3.8, 4) is 5.75 Å². The molecule has 132 valence electrons. The van der Waals surface area contributed by atoms with Crippen LogP contribution in [0.2, 0.25) is 6.32 Å². The van der Waals surface area contributed by atoms with Crippen LogP contribution in [-0.2, 0) is 15.7 Å². The Kier molecular flexibility index (Phi) is 5.27. The molecule has 1 amide bonds. The Morgan fingerprint density at radius 2 is 1.83 bits per heavy atom. The SMILES string of the molecule is Cc1c(C(=O)NN)ccc(CCCB2OC(C)(C)C(C)(C)O2)c1O. The zero-order valence-electron chi connectivity index (χ0n) is 15.1. The summed E-state index contributed by atoms with van der Waals surface area (Å²) in [6.45, 7) is 9.83. The molecular weight excluding hydrogens is 307 g/mol. The van der Waals surface area contributed by atoms with E-state index in [1.165, 1.54) is 0 Å². The summed E-state index contributed by atoms with van der Waals surface area (Å²) in [5.41, 5.74) is 3.15. The fraction of sp³-hybridized carbons (Fsp3) is 0.588. The van der Waals surface area contributed by atoms with E-state index in [0.717, 1.165) is 18.3 Å². The fourth-order valence-corrected chi connectivity index (χ4v) is 2.82. The number of nitrogen functional groups attached to an aromatic ring is 1. The van der Waals surface area contributed by atoms with Gasteiger partial charge in [0.1, 0.15) is 5.75 Å². The maximum atomic E-state index is 11.6. The number of carbonyl (C=O) groups is 1. The summed E-state index contributed by atoms with van der Waals surface area (Å²) < 4.78 is 11.9. The number of phenolic OH excluding ortho intramolecular Hbond substituents is 1. The lowest BCUT2D eigenvalue weighted by Gasteiger charge is -2.32. The highest BCUT2D eigenvalue weighted by molar-refractivity contribution is 6.45. The summed E-state index contributed by atoms with van der Waals surface area (Å²) in [6.07, 6.45) is 2.24. The highest BCUT2D eigenvalue weighted by atomic mass is 16.7. The Hall–Kier alpha value is -1.57. The van der Waals surface area contributed by atoms with E-state index >= 15 is 0 Å². The molecule has 7 heteroatoms. The van der Waals surface area contributed by atoms with Crippen molar-refractivity contribution < 1.29 is 19.2 Å². The molecule has 0 unspecified atom stereocenters. The third-order valence-electron chi connectivity index (χ3n) is 5.08. The highest BCUT2D eigenvalue weighted by Gasteiger charge is 2.50. The lowest BCUT2D eigenvalue weighted by atomic mass is 9.81. The predicted molar refractivity (Wildman–Crippen MR) is 93.7 cm³/mol. The van der Waals surface area contributed by atoms with Crippen LogP contribution < -0.4 is 11.3 Å². The van der Waals surface area contributed by atoms with E-state index in [4.69, 9.17) is 15.2 Å². The van der Waals surface area contributed by atoms with E-state index in [1.807, 2.05) is 27.7 Å². The second kappa shape index (κ2) is 6.74. The molecule has 1 fully saturated rings. The third kappa shape index (κ3) is 3.58. The molecule has 0 atom stereocenters. The van der Waals surface area contributed by atoms with Gasteiger partial charge in [-0.15, -0.1) is 0 Å². The number of nitrogens with one attached hydrogen (secondary N) is 1. The normalized spacial score (nSPS) is 18.7. The van der Waals surface area contributed by atoms with E-state index < -0.39 is 5.91 Å². The monoisotopic (exact) mass is 334 g/mol. The first-order chi connectivity index (χ1) is 11.1. The van der Waals surface area contributed by atoms with Crippen LogP contribution in [0.25, 0.3) is 0 Å². The number of hydrogen-bond donors (Lipinski definition) is 3. The van der Waals surface area contributed by atoms with Crippen LogP contribution in [0.15, 0.2) is 12.1 Å². The second-order valence-corrected chi connectivity index (χ2v) is 7.30. The Bertz CT molecular complexity index is 615. The first kappa shape index (κ1) is 18.8. The Morgan fingerprint density at radius 3 is 2.38 bits per heavy atom. The standard InChI is InChI=1S/C17H27BN2O4/c1-11-13(15(22)20-19)9-8-12(14(11)21)7-6-10-18-23-16(2,3)17(4,5)24-18/h8-9,21H,6-7,10,19H2,1-5H3,(H,20,22). The third-order valence-corrected chi connectivity index (χ3v) is 5.08. The van der Waals surface area contributed by atoms with Crippen LogP contribution >= 0.6 is 0 Å². The molecule has 1 heterocycles. The molecule has 1 aromatic rings. The maximum Gasteiger partial charge on any atom is 0.457 e. The largest absolute Gasteiger partial charge is 0.507 e. The highest BCUT2D eigenvalue weighted by Crippen LogP contribution is 2.38. The van der Waals surface area contributed by atoms with Gasteiger partial charge in [-0.2, -0.15) is 0 Å². The first-order valence-corrected chi connectivity index (χ1v) is 8.27. The molecular formula is C17H27BN2O4. The van der Waals surface area contributed by atoms with Crippen LogP contribution in [0, 0.1) is 6.92 Å². The molecule has 0 aliphatic carbocycles. The number of rotatable bonds is 5. The van der Waals surface area contributed by atoms with Crippen LogP contribution in [0.5, 0.6) is 5.75 Å². The van der Waals surface area contributed by atoms with Crippen molar-refractivity contribution in [2.75, 3.05) is 0 Å². The topological polar surface area (TPSA) is 93.8 Å². The zero-order chi connectivity index (χ0) is 18.1. The molecule has 24 heavy (non-hydrogen) atoms. The summed E-state index contributed by atoms with van der Waals surface area (Å²) in [6, 6.07) is 3.44. The smallest absolute Gasteiger partial charge is 0.457 e. The number of aromatic hydroxyl groups is 1. The summed E-state index contributed by atoms with van der Waals surface area (Å²) >= 11 is 0. The first-order valence-electron chi connectivity index (χ1n) is 8.27. The molecule has 1 aromatic carbocycles. The average molecular weight is 334 g/mol. The van der Waals surface area contributed by atoms with Crippen molar-refractivity contribution >= 4 is 13.0 Å². The fourth-order valence-electron chi connectivity index (χ4n) is 2.82. The quantitative estimate of drug-likeness (QED) is 0.333. The summed E-state index contributed by atoms with van der Waals surface area (Å²) in [5.74, 6) is 4.88. The minimum Gasteiger partial charge on any atom is -0.507 e. The molecule has 1 aliphatic rings. The van der Waals surface area contributed by atoms with Crippen LogP contribution in [0.4, 0.5) is 0 Å². The van der Waals surface area contributed by atoms with Gasteiger partial charge in [0.05, 0.1) is 11.2 Å². The average Bonchev–Trinajstić information content (AvgIpc) is 2.70. The second-order valence-electron chi connectivity index (χ2n) is 7.30. The zero-order valence-corrected chi connectivity index (χ0v) is 15.1. The van der Waals surface area contributed by atoms with Crippen molar-refractivity contribution in [2.45, 2.75) is 65.0 Å². The summed E-state index contributed by atoms with van der Waals surface area (Å²) in [5, 5.41) is 10.3. The molecule has 0 radical (unpaired) electrons. The Balaban J connectivity index is 1.97. The number of amides is 1. The minimum atomic E-state index is -0.411. The lowest BCUT2D eigenvalue weighted by molar-refractivity contribution is 0.00578. The Labute approximate surface area is 143 Å². The minimum absolute atomic E-state index is 0.144. The van der Waals surface area contributed by atoms with Gasteiger partial charge in [-0.05, 0) is 59.0 Å². The predicted octanol–water partition coefficient (Wildman–Crippen LogP) is 2.33. The number of benzene rings is 1. The van der Waals surface area contributed by atoms with Crippen molar-refractivity contribution in [1.82, 2.24) is 5.43 Å². The van der Waals surface area contributed by atoms with Gasteiger partial charge in [0.15, 0.2) is 0 Å². The van der Waals surface area contributed by atoms with Crippen LogP contribution in [-0.4, -0.2) is 29.3 Å². The van der Waals surface area contributed by atoms with Gasteiger partial charge >= 0.3 is 7.12 Å². The van der Waals surface area contributed by atoms with Crippen LogP contribution in [0.1, 0.15) is 55.6 Å². The van der Waals surface area contributed by atoms with Crippen molar-refractivity contribution in [3.05, 3.63) is 28.8 Å². The van der Waals surface area contributed by atoms with Gasteiger partial charge in [-0.1, -0.05) is 12.5 Å². The summed E-state index contributed by atoms with van der Waals surface area (Å²) in [7, 11) is -0.236. The number of aryl methyl sites for hydroxylation is 1. The molecule has 0 spiro atoms. The Morgan fingerprint density at radius 1 is 1.25 bits per heavy atom. The summed E-state index contributed by atoms with van der Waals surface area (Å²) in [4.78, 5) is 11.6. The molecule has 0 aromatic heterocycles. The van der Waals surface area contributed by atoms with E-state index in [0.29, 0.717) is 17.5 Å². The number of hydrazine groups is 1. The van der Waals surface area contributed by atoms with Gasteiger partial charge in [-0.3, -0.25) is 10.2 Å². The van der Waals surface area contributed by atoms with E-state index in [-0.39, 0.29) is 24.1 Å². The molecule has 0 bridgehead atoms. The number of nitrogens with two attached hydrogens (primary N) is 1. The number of hydrogen-bond acceptors (Lipinski definition) is 5. The number of phenols is 1. The van der Waals surface area contributed by atoms with Crippen molar-refractivity contribution in [3.63, 3.8) is 0 Å². The molecule has 1 saturated heterocycles. The molecule has 1 aliphatic heterocycles. The van der Waals surface area contributed by atoms with Gasteiger partial charge in [0, 0.05) is 11.1 Å². The van der Waals surface area contributed by atoms with Gasteiger partial charge in [0.2, 0.25) is 0 Å². The van der Waals surface area contributed by atoms with Crippen LogP contribution in [0.3, 0.4) is 0 Å². The maximum absolute atomic E-state index is 11.6. The number of carbonyl (C=O) groups excluding carboxylic acids is 1. The molecule has 4 N–H and O–H groups in total. The van der Waals surface area contributed by atoms with E-state index in [1.54, 1.807) is 19.1 Å². The van der Waals surface area contributed by atoms with E-state index in [9.17, 15) is 9.90 Å². The van der Waals surface area contributed by atoms with Gasteiger partial charge in [-0.25, -0.2) is 5.84 Å². The van der Waals surface area contributed by atoms with E-state index in [2.05, 4.69) is 5.43 Å². The van der Waals surface area contributed by atoms with Gasteiger partial charge in [0.25, 0.3) is 5.91 Å². The van der Waals surface area contributed by atoms with Gasteiger partial charge < -0.3 is 14.4 Å². The molecule has 0 saturated carbocycles. The molecule has 2 rings (SSSR count). The molecule has 6 nitrogen and oxygen atoms in total. The van der Waals surface area contributed by atoms with Crippen molar-refractivity contribution in [2.24, 2.45) is 5.84 Å². The lowest BCUT2D eigenvalue weighted by Crippen LogP contribution is -2.41.